The molecule has 2 heterocycles. The SMILES string of the molecule is O=c1[nH]cnc2ccc3c(c12)CC[S+]3[O-]. The Bertz CT molecular complexity index is 593. The quantitative estimate of drug-likeness (QED) is 0.660. The Morgan fingerprint density at radius 3 is 3.20 bits per heavy atom. The molecule has 0 bridgehead atoms. The molecule has 0 saturated heterocycles. The summed E-state index contributed by atoms with van der Waals surface area (Å²) in [6.45, 7) is 0. The summed E-state index contributed by atoms with van der Waals surface area (Å²) in [5.74, 6) is 0.614. The molecule has 4 nitrogen and oxygen atoms in total. The molecule has 0 amide bonds. The van der Waals surface area contributed by atoms with Crippen LogP contribution in [-0.2, 0) is 17.6 Å². The van der Waals surface area contributed by atoms with Gasteiger partial charge in [-0.2, -0.15) is 0 Å². The van der Waals surface area contributed by atoms with Gasteiger partial charge in [-0.1, -0.05) is 0 Å². The zero-order valence-corrected chi connectivity index (χ0v) is 8.63. The molecule has 1 aromatic heterocycles. The molecule has 1 aliphatic rings. The van der Waals surface area contributed by atoms with Gasteiger partial charge in [0.25, 0.3) is 5.56 Å². The van der Waals surface area contributed by atoms with Crippen LogP contribution in [-0.4, -0.2) is 20.3 Å². The molecule has 15 heavy (non-hydrogen) atoms. The maximum Gasteiger partial charge on any atom is 0.259 e. The minimum absolute atomic E-state index is 0.143. The standard InChI is InChI=1S/C10H8N2O2S/c13-10-9-6-3-4-15(14)8(6)2-1-7(9)11-5-12-10/h1-2,5H,3-4H2,(H,11,12,13). The fourth-order valence-corrected chi connectivity index (χ4v) is 3.28. The van der Waals surface area contributed by atoms with Crippen molar-refractivity contribution in [2.75, 3.05) is 5.75 Å². The first-order valence-corrected chi connectivity index (χ1v) is 5.97. The Hall–Kier alpha value is -1.33. The lowest BCUT2D eigenvalue weighted by Crippen LogP contribution is -2.08. The van der Waals surface area contributed by atoms with E-state index >= 15 is 0 Å². The smallest absolute Gasteiger partial charge is 0.259 e. The average molecular weight is 220 g/mol. The van der Waals surface area contributed by atoms with E-state index in [1.807, 2.05) is 6.07 Å². The number of benzene rings is 1. The lowest BCUT2D eigenvalue weighted by Gasteiger charge is -2.03. The van der Waals surface area contributed by atoms with Crippen LogP contribution in [0.3, 0.4) is 0 Å². The molecular formula is C10H8N2O2S. The number of nitrogens with one attached hydrogen (secondary N) is 1. The highest BCUT2D eigenvalue weighted by molar-refractivity contribution is 7.91. The number of nitrogens with zero attached hydrogens (tertiary/aromatic N) is 1. The fourth-order valence-electron chi connectivity index (χ4n) is 1.98. The van der Waals surface area contributed by atoms with Gasteiger partial charge < -0.3 is 9.54 Å². The molecule has 1 aliphatic heterocycles. The van der Waals surface area contributed by atoms with Crippen LogP contribution < -0.4 is 5.56 Å². The van der Waals surface area contributed by atoms with Crippen LogP contribution in [0.15, 0.2) is 28.2 Å². The molecule has 0 aliphatic carbocycles. The molecule has 76 valence electrons. The van der Waals surface area contributed by atoms with E-state index in [1.165, 1.54) is 6.33 Å². The van der Waals surface area contributed by atoms with Gasteiger partial charge in [-0.15, -0.1) is 0 Å². The summed E-state index contributed by atoms with van der Waals surface area (Å²) in [5.41, 5.74) is 1.44. The second kappa shape index (κ2) is 3.08. The largest absolute Gasteiger partial charge is 0.611 e. The molecule has 3 rings (SSSR count). The number of hydrogen-bond acceptors (Lipinski definition) is 3. The second-order valence-electron chi connectivity index (χ2n) is 3.47. The van der Waals surface area contributed by atoms with Gasteiger partial charge in [-0.3, -0.25) is 4.79 Å². The summed E-state index contributed by atoms with van der Waals surface area (Å²) in [4.78, 5) is 19.1. The Kier molecular flexibility index (Phi) is 1.83. The molecule has 0 radical (unpaired) electrons. The van der Waals surface area contributed by atoms with Crippen molar-refractivity contribution in [3.63, 3.8) is 0 Å². The van der Waals surface area contributed by atoms with Crippen molar-refractivity contribution in [2.45, 2.75) is 11.3 Å². The van der Waals surface area contributed by atoms with Crippen molar-refractivity contribution < 1.29 is 4.55 Å². The summed E-state index contributed by atoms with van der Waals surface area (Å²) in [7, 11) is 0. The van der Waals surface area contributed by atoms with E-state index in [-0.39, 0.29) is 5.56 Å². The number of rotatable bonds is 0. The summed E-state index contributed by atoms with van der Waals surface area (Å²) in [5, 5.41) is 0.598. The van der Waals surface area contributed by atoms with E-state index in [4.69, 9.17) is 0 Å². The molecule has 1 aromatic carbocycles. The van der Waals surface area contributed by atoms with Gasteiger partial charge in [0.2, 0.25) is 0 Å². The van der Waals surface area contributed by atoms with Crippen LogP contribution in [0.1, 0.15) is 5.56 Å². The summed E-state index contributed by atoms with van der Waals surface area (Å²) in [6, 6.07) is 3.57. The average Bonchev–Trinajstić information content (AvgIpc) is 2.61. The lowest BCUT2D eigenvalue weighted by molar-refractivity contribution is 0.599. The minimum atomic E-state index is -0.943. The van der Waals surface area contributed by atoms with E-state index in [0.29, 0.717) is 23.1 Å². The van der Waals surface area contributed by atoms with E-state index in [0.717, 1.165) is 10.5 Å². The molecule has 1 N–H and O–H groups in total. The number of aromatic nitrogens is 2. The van der Waals surface area contributed by atoms with E-state index in [9.17, 15) is 9.35 Å². The first-order chi connectivity index (χ1) is 7.27. The Morgan fingerprint density at radius 1 is 1.47 bits per heavy atom. The number of hydrogen-bond donors (Lipinski definition) is 1. The van der Waals surface area contributed by atoms with Crippen molar-refractivity contribution in [2.24, 2.45) is 0 Å². The maximum absolute atomic E-state index is 11.7. The summed E-state index contributed by atoms with van der Waals surface area (Å²) in [6.07, 6.45) is 2.09. The van der Waals surface area contributed by atoms with Crippen molar-refractivity contribution in [1.29, 1.82) is 0 Å². The van der Waals surface area contributed by atoms with Gasteiger partial charge in [0, 0.05) is 12.0 Å². The summed E-state index contributed by atoms with van der Waals surface area (Å²) >= 11 is -0.943. The molecule has 0 fully saturated rings. The molecule has 0 saturated carbocycles. The predicted octanol–water partition coefficient (Wildman–Crippen LogP) is 0.587. The normalized spacial score (nSPS) is 19.4. The zero-order chi connectivity index (χ0) is 10.4. The number of H-pyrrole nitrogens is 1. The molecule has 2 aromatic rings. The van der Waals surface area contributed by atoms with Gasteiger partial charge >= 0.3 is 0 Å². The van der Waals surface area contributed by atoms with Crippen LogP contribution in [0.5, 0.6) is 0 Å². The predicted molar refractivity (Wildman–Crippen MR) is 57.3 cm³/mol. The Balaban J connectivity index is 2.48. The van der Waals surface area contributed by atoms with E-state index < -0.39 is 11.2 Å². The highest BCUT2D eigenvalue weighted by Gasteiger charge is 2.27. The van der Waals surface area contributed by atoms with Crippen molar-refractivity contribution in [3.8, 4) is 0 Å². The molecule has 1 atom stereocenters. The third kappa shape index (κ3) is 1.20. The maximum atomic E-state index is 11.7. The van der Waals surface area contributed by atoms with Crippen LogP contribution in [0.2, 0.25) is 0 Å². The first-order valence-electron chi connectivity index (χ1n) is 4.65. The van der Waals surface area contributed by atoms with Gasteiger partial charge in [0.1, 0.15) is 5.75 Å². The number of aromatic amines is 1. The molecule has 1 unspecified atom stereocenters. The monoisotopic (exact) mass is 220 g/mol. The van der Waals surface area contributed by atoms with Crippen molar-refractivity contribution >= 4 is 22.1 Å². The van der Waals surface area contributed by atoms with Crippen LogP contribution in [0.25, 0.3) is 10.9 Å². The summed E-state index contributed by atoms with van der Waals surface area (Å²) < 4.78 is 11.6. The highest BCUT2D eigenvalue weighted by Crippen LogP contribution is 2.29. The van der Waals surface area contributed by atoms with E-state index in [1.54, 1.807) is 6.07 Å². The van der Waals surface area contributed by atoms with Gasteiger partial charge in [0.15, 0.2) is 4.90 Å². The van der Waals surface area contributed by atoms with Crippen LogP contribution in [0.4, 0.5) is 0 Å². The topological polar surface area (TPSA) is 68.8 Å². The lowest BCUT2D eigenvalue weighted by atomic mass is 10.1. The van der Waals surface area contributed by atoms with Crippen molar-refractivity contribution in [1.82, 2.24) is 9.97 Å². The van der Waals surface area contributed by atoms with E-state index in [2.05, 4.69) is 9.97 Å². The highest BCUT2D eigenvalue weighted by atomic mass is 32.2. The number of aryl methyl sites for hydroxylation is 1. The fraction of sp³-hybridized carbons (Fsp3) is 0.200. The van der Waals surface area contributed by atoms with Gasteiger partial charge in [-0.25, -0.2) is 4.98 Å². The van der Waals surface area contributed by atoms with Gasteiger partial charge in [-0.05, 0) is 23.3 Å². The molecule has 0 spiro atoms. The molecular weight excluding hydrogens is 212 g/mol. The third-order valence-corrected chi connectivity index (χ3v) is 4.10. The van der Waals surface area contributed by atoms with Crippen molar-refractivity contribution in [3.05, 3.63) is 34.4 Å². The Morgan fingerprint density at radius 2 is 2.33 bits per heavy atom. The number of fused-ring (bicyclic) bond motifs is 3. The second-order valence-corrected chi connectivity index (χ2v) is 5.01. The first kappa shape index (κ1) is 8.94. The third-order valence-electron chi connectivity index (χ3n) is 2.66. The Labute approximate surface area is 88.5 Å². The van der Waals surface area contributed by atoms with Crippen LogP contribution in [0, 0.1) is 0 Å². The van der Waals surface area contributed by atoms with Gasteiger partial charge in [0.05, 0.1) is 17.2 Å². The zero-order valence-electron chi connectivity index (χ0n) is 7.82. The molecule has 5 heteroatoms. The minimum Gasteiger partial charge on any atom is -0.611 e. The van der Waals surface area contributed by atoms with Crippen LogP contribution >= 0.6 is 0 Å².